The predicted octanol–water partition coefficient (Wildman–Crippen LogP) is 1.90. The number of nitrogens with zero attached hydrogens (tertiary/aromatic N) is 3. The highest BCUT2D eigenvalue weighted by molar-refractivity contribution is 5.90. The average molecular weight is 370 g/mol. The molecule has 0 radical (unpaired) electrons. The number of imidazole rings is 1. The van der Waals surface area contributed by atoms with Gasteiger partial charge in [-0.3, -0.25) is 9.59 Å². The number of likely N-dealkylation sites (tertiary alicyclic amines) is 1. The van der Waals surface area contributed by atoms with Crippen LogP contribution in [0.4, 0.5) is 0 Å². The molecular formula is C20H26N4O3. The zero-order valence-corrected chi connectivity index (χ0v) is 15.9. The molecule has 1 atom stereocenters. The third-order valence-electron chi connectivity index (χ3n) is 4.96. The Balaban J connectivity index is 1.55. The summed E-state index contributed by atoms with van der Waals surface area (Å²) < 4.78 is 7.42. The molecule has 7 nitrogen and oxygen atoms in total. The van der Waals surface area contributed by atoms with Crippen molar-refractivity contribution < 1.29 is 14.3 Å². The fourth-order valence-corrected chi connectivity index (χ4v) is 3.44. The van der Waals surface area contributed by atoms with Gasteiger partial charge in [-0.15, -0.1) is 0 Å². The van der Waals surface area contributed by atoms with Crippen LogP contribution in [0.2, 0.25) is 0 Å². The molecule has 1 unspecified atom stereocenters. The minimum atomic E-state index is -0.419. The lowest BCUT2D eigenvalue weighted by atomic mass is 10.1. The van der Waals surface area contributed by atoms with Crippen molar-refractivity contribution in [2.75, 3.05) is 13.7 Å². The van der Waals surface area contributed by atoms with Gasteiger partial charge in [0.05, 0.1) is 13.7 Å². The van der Waals surface area contributed by atoms with Crippen LogP contribution in [0, 0.1) is 6.92 Å². The zero-order chi connectivity index (χ0) is 19.2. The van der Waals surface area contributed by atoms with Crippen molar-refractivity contribution in [2.24, 2.45) is 0 Å². The molecule has 1 aromatic carbocycles. The van der Waals surface area contributed by atoms with E-state index in [9.17, 15) is 9.59 Å². The van der Waals surface area contributed by atoms with Gasteiger partial charge in [0.15, 0.2) is 0 Å². The van der Waals surface area contributed by atoms with Gasteiger partial charge < -0.3 is 19.5 Å². The van der Waals surface area contributed by atoms with Crippen molar-refractivity contribution in [1.29, 1.82) is 0 Å². The highest BCUT2D eigenvalue weighted by atomic mass is 16.5. The summed E-state index contributed by atoms with van der Waals surface area (Å²) in [5.41, 5.74) is 0.906. The molecule has 7 heteroatoms. The second kappa shape index (κ2) is 8.70. The number of carbonyl (C=O) groups is 2. The number of carbonyl (C=O) groups excluding carboxylic acids is 2. The van der Waals surface area contributed by atoms with E-state index in [1.165, 1.54) is 0 Å². The van der Waals surface area contributed by atoms with Gasteiger partial charge in [0.2, 0.25) is 11.8 Å². The van der Waals surface area contributed by atoms with Crippen LogP contribution in [0.3, 0.4) is 0 Å². The molecule has 2 amide bonds. The Morgan fingerprint density at radius 1 is 1.37 bits per heavy atom. The monoisotopic (exact) mass is 370 g/mol. The van der Waals surface area contributed by atoms with E-state index in [0.717, 1.165) is 30.1 Å². The summed E-state index contributed by atoms with van der Waals surface area (Å²) in [5, 5.41) is 2.97. The standard InChI is InChI=1S/C20H26N4O3/c1-15-21-11-13-23(15)12-5-10-22-20(26)17-8-9-19(25)24(17)14-16-6-3-4-7-18(16)27-2/h3-4,6-7,11,13,17H,5,8-10,12,14H2,1-2H3,(H,22,26). The maximum atomic E-state index is 12.6. The minimum absolute atomic E-state index is 0.00935. The maximum absolute atomic E-state index is 12.6. The van der Waals surface area contributed by atoms with Crippen LogP contribution >= 0.6 is 0 Å². The Morgan fingerprint density at radius 3 is 2.93 bits per heavy atom. The summed E-state index contributed by atoms with van der Waals surface area (Å²) >= 11 is 0. The number of methoxy groups -OCH3 is 1. The lowest BCUT2D eigenvalue weighted by molar-refractivity contribution is -0.135. The largest absolute Gasteiger partial charge is 0.496 e. The van der Waals surface area contributed by atoms with E-state index in [-0.39, 0.29) is 11.8 Å². The normalized spacial score (nSPS) is 16.6. The van der Waals surface area contributed by atoms with Gasteiger partial charge in [0.25, 0.3) is 0 Å². The van der Waals surface area contributed by atoms with Crippen molar-refractivity contribution in [3.63, 3.8) is 0 Å². The van der Waals surface area contributed by atoms with Crippen molar-refractivity contribution >= 4 is 11.8 Å². The fraction of sp³-hybridized carbons (Fsp3) is 0.450. The molecule has 0 aliphatic carbocycles. The topological polar surface area (TPSA) is 76.5 Å². The van der Waals surface area contributed by atoms with Crippen LogP contribution in [0.15, 0.2) is 36.7 Å². The summed E-state index contributed by atoms with van der Waals surface area (Å²) in [7, 11) is 1.61. The van der Waals surface area contributed by atoms with E-state index in [4.69, 9.17) is 4.74 Å². The number of aromatic nitrogens is 2. The molecule has 1 saturated heterocycles. The first-order valence-electron chi connectivity index (χ1n) is 9.27. The molecule has 1 fully saturated rings. The Labute approximate surface area is 159 Å². The summed E-state index contributed by atoms with van der Waals surface area (Å²) in [6.45, 7) is 3.72. The lowest BCUT2D eigenvalue weighted by Crippen LogP contribution is -2.44. The van der Waals surface area contributed by atoms with E-state index >= 15 is 0 Å². The Kier molecular flexibility index (Phi) is 6.11. The average Bonchev–Trinajstić information content (AvgIpc) is 3.25. The molecule has 1 aliphatic heterocycles. The molecule has 1 aromatic heterocycles. The molecule has 0 bridgehead atoms. The molecule has 2 heterocycles. The summed E-state index contributed by atoms with van der Waals surface area (Å²) in [6.07, 6.45) is 5.48. The van der Waals surface area contributed by atoms with Crippen LogP contribution in [0.25, 0.3) is 0 Å². The molecule has 1 N–H and O–H groups in total. The van der Waals surface area contributed by atoms with E-state index < -0.39 is 6.04 Å². The molecular weight excluding hydrogens is 344 g/mol. The van der Waals surface area contributed by atoms with Gasteiger partial charge in [0, 0.05) is 37.5 Å². The zero-order valence-electron chi connectivity index (χ0n) is 15.9. The molecule has 27 heavy (non-hydrogen) atoms. The third kappa shape index (κ3) is 4.48. The second-order valence-corrected chi connectivity index (χ2v) is 6.70. The number of ether oxygens (including phenoxy) is 1. The molecule has 1 aliphatic rings. The van der Waals surface area contributed by atoms with Crippen LogP contribution in [0.5, 0.6) is 5.75 Å². The highest BCUT2D eigenvalue weighted by Gasteiger charge is 2.36. The van der Waals surface area contributed by atoms with Crippen molar-refractivity contribution in [2.45, 2.75) is 45.3 Å². The van der Waals surface area contributed by atoms with Crippen LogP contribution < -0.4 is 10.1 Å². The molecule has 2 aromatic rings. The van der Waals surface area contributed by atoms with E-state index in [2.05, 4.69) is 14.9 Å². The quantitative estimate of drug-likeness (QED) is 0.720. The van der Waals surface area contributed by atoms with E-state index in [1.807, 2.05) is 37.4 Å². The number of rotatable bonds is 8. The highest BCUT2D eigenvalue weighted by Crippen LogP contribution is 2.25. The molecule has 0 saturated carbocycles. The number of para-hydroxylation sites is 1. The smallest absolute Gasteiger partial charge is 0.242 e. The van der Waals surface area contributed by atoms with Gasteiger partial charge in [-0.2, -0.15) is 0 Å². The van der Waals surface area contributed by atoms with E-state index in [1.54, 1.807) is 18.2 Å². The molecule has 0 spiro atoms. The second-order valence-electron chi connectivity index (χ2n) is 6.70. The number of benzene rings is 1. The first-order valence-corrected chi connectivity index (χ1v) is 9.27. The Bertz CT molecular complexity index is 802. The van der Waals surface area contributed by atoms with Gasteiger partial charge in [0.1, 0.15) is 17.6 Å². The maximum Gasteiger partial charge on any atom is 0.242 e. The summed E-state index contributed by atoms with van der Waals surface area (Å²) in [5.74, 6) is 1.62. The fourth-order valence-electron chi connectivity index (χ4n) is 3.44. The number of nitrogens with one attached hydrogen (secondary N) is 1. The predicted molar refractivity (Wildman–Crippen MR) is 101 cm³/mol. The van der Waals surface area contributed by atoms with Gasteiger partial charge >= 0.3 is 0 Å². The van der Waals surface area contributed by atoms with Crippen LogP contribution in [-0.2, 0) is 22.7 Å². The SMILES string of the molecule is COc1ccccc1CN1C(=O)CCC1C(=O)NCCCn1ccnc1C. The van der Waals surface area contributed by atoms with Crippen molar-refractivity contribution in [3.05, 3.63) is 48.0 Å². The summed E-state index contributed by atoms with van der Waals surface area (Å²) in [6, 6.07) is 7.17. The first-order chi connectivity index (χ1) is 13.1. The first kappa shape index (κ1) is 18.9. The Hall–Kier alpha value is -2.83. The van der Waals surface area contributed by atoms with Gasteiger partial charge in [-0.25, -0.2) is 4.98 Å². The van der Waals surface area contributed by atoms with Crippen molar-refractivity contribution in [1.82, 2.24) is 19.8 Å². The number of hydrogen-bond acceptors (Lipinski definition) is 4. The third-order valence-corrected chi connectivity index (χ3v) is 4.96. The minimum Gasteiger partial charge on any atom is -0.496 e. The van der Waals surface area contributed by atoms with Crippen LogP contribution in [-0.4, -0.2) is 46.0 Å². The van der Waals surface area contributed by atoms with Crippen LogP contribution in [0.1, 0.15) is 30.7 Å². The van der Waals surface area contributed by atoms with Crippen molar-refractivity contribution in [3.8, 4) is 5.75 Å². The molecule has 3 rings (SSSR count). The van der Waals surface area contributed by atoms with Gasteiger partial charge in [-0.1, -0.05) is 18.2 Å². The molecule has 144 valence electrons. The van der Waals surface area contributed by atoms with Gasteiger partial charge in [-0.05, 0) is 25.8 Å². The number of hydrogen-bond donors (Lipinski definition) is 1. The Morgan fingerprint density at radius 2 is 2.19 bits per heavy atom. The summed E-state index contributed by atoms with van der Waals surface area (Å²) in [4.78, 5) is 30.8. The lowest BCUT2D eigenvalue weighted by Gasteiger charge is -2.25. The van der Waals surface area contributed by atoms with E-state index in [0.29, 0.717) is 25.9 Å². The number of amides is 2. The number of aryl methyl sites for hydroxylation is 2.